The Morgan fingerprint density at radius 2 is 2.10 bits per heavy atom. The summed E-state index contributed by atoms with van der Waals surface area (Å²) in [6, 6.07) is 0. The second kappa shape index (κ2) is 3.80. The van der Waals surface area contributed by atoms with Crippen molar-refractivity contribution in [3.8, 4) is 0 Å². The number of allylic oxidation sites excluding steroid dienone is 1. The Bertz CT molecular complexity index is 113. The molecule has 0 aliphatic heterocycles. The van der Waals surface area contributed by atoms with Gasteiger partial charge in [0, 0.05) is 0 Å². The molecule has 0 heteroatoms. The Labute approximate surface area is 64.3 Å². The van der Waals surface area contributed by atoms with Crippen LogP contribution in [0.5, 0.6) is 0 Å². The van der Waals surface area contributed by atoms with E-state index in [1.54, 1.807) is 0 Å². The Morgan fingerprint density at radius 3 is 2.90 bits per heavy atom. The largest absolute Gasteiger partial charge is 0.0999 e. The summed E-state index contributed by atoms with van der Waals surface area (Å²) in [7, 11) is 0. The van der Waals surface area contributed by atoms with Gasteiger partial charge < -0.3 is 0 Å². The summed E-state index contributed by atoms with van der Waals surface area (Å²) in [5.41, 5.74) is 1.48. The highest BCUT2D eigenvalue weighted by molar-refractivity contribution is 4.95. The molecule has 1 saturated carbocycles. The van der Waals surface area contributed by atoms with E-state index in [1.165, 1.54) is 44.1 Å². The number of hydrogen-bond donors (Lipinski definition) is 0. The molecule has 0 nitrogen and oxygen atoms in total. The maximum atomic E-state index is 4.07. The molecule has 0 aromatic heterocycles. The van der Waals surface area contributed by atoms with Crippen LogP contribution in [0.3, 0.4) is 0 Å². The van der Waals surface area contributed by atoms with Gasteiger partial charge in [0.05, 0.1) is 0 Å². The third kappa shape index (κ3) is 2.55. The number of hydrogen-bond acceptors (Lipinski definition) is 0. The zero-order valence-electron chi connectivity index (χ0n) is 7.03. The van der Waals surface area contributed by atoms with Gasteiger partial charge in [-0.1, -0.05) is 38.3 Å². The average molecular weight is 138 g/mol. The monoisotopic (exact) mass is 138 g/mol. The molecular weight excluding hydrogens is 120 g/mol. The summed E-state index contributed by atoms with van der Waals surface area (Å²) in [6.45, 7) is 6.41. The molecule has 1 fully saturated rings. The Hall–Kier alpha value is -0.260. The summed E-state index contributed by atoms with van der Waals surface area (Å²) in [5, 5.41) is 0. The Balaban J connectivity index is 2.32. The standard InChI is InChI=1S/C10H18/c1-9-6-4-3-5-7-10(2)8-9/h10H,1,3-8H2,2H3. The molecule has 0 aromatic carbocycles. The minimum Gasteiger partial charge on any atom is -0.0999 e. The van der Waals surface area contributed by atoms with Crippen molar-refractivity contribution >= 4 is 0 Å². The van der Waals surface area contributed by atoms with Crippen molar-refractivity contribution in [2.24, 2.45) is 5.92 Å². The van der Waals surface area contributed by atoms with Gasteiger partial charge in [-0.25, -0.2) is 0 Å². The second-order valence-corrected chi connectivity index (χ2v) is 3.66. The highest BCUT2D eigenvalue weighted by atomic mass is 14.1. The predicted octanol–water partition coefficient (Wildman–Crippen LogP) is 3.53. The van der Waals surface area contributed by atoms with E-state index in [0.717, 1.165) is 5.92 Å². The molecule has 0 saturated heterocycles. The molecule has 0 radical (unpaired) electrons. The van der Waals surface area contributed by atoms with Crippen LogP contribution in [0.25, 0.3) is 0 Å². The molecule has 0 N–H and O–H groups in total. The van der Waals surface area contributed by atoms with Crippen molar-refractivity contribution in [2.45, 2.75) is 45.4 Å². The predicted molar refractivity (Wildman–Crippen MR) is 46.0 cm³/mol. The zero-order valence-corrected chi connectivity index (χ0v) is 7.03. The van der Waals surface area contributed by atoms with Crippen LogP contribution in [0, 0.1) is 5.92 Å². The second-order valence-electron chi connectivity index (χ2n) is 3.66. The van der Waals surface area contributed by atoms with E-state index >= 15 is 0 Å². The minimum absolute atomic E-state index is 0.896. The van der Waals surface area contributed by atoms with Crippen LogP contribution in [-0.2, 0) is 0 Å². The lowest BCUT2D eigenvalue weighted by atomic mass is 9.90. The molecule has 0 amide bonds. The molecule has 0 spiro atoms. The quantitative estimate of drug-likeness (QED) is 0.449. The van der Waals surface area contributed by atoms with Gasteiger partial charge in [-0.15, -0.1) is 0 Å². The molecular formula is C10H18. The fourth-order valence-electron chi connectivity index (χ4n) is 1.74. The van der Waals surface area contributed by atoms with Crippen molar-refractivity contribution in [3.05, 3.63) is 12.2 Å². The van der Waals surface area contributed by atoms with E-state index in [2.05, 4.69) is 13.5 Å². The van der Waals surface area contributed by atoms with Gasteiger partial charge in [-0.2, -0.15) is 0 Å². The number of rotatable bonds is 0. The summed E-state index contributed by atoms with van der Waals surface area (Å²) < 4.78 is 0. The lowest BCUT2D eigenvalue weighted by Crippen LogP contribution is -2.00. The first-order valence-corrected chi connectivity index (χ1v) is 4.45. The van der Waals surface area contributed by atoms with Crippen molar-refractivity contribution in [1.82, 2.24) is 0 Å². The van der Waals surface area contributed by atoms with E-state index in [4.69, 9.17) is 0 Å². The van der Waals surface area contributed by atoms with E-state index < -0.39 is 0 Å². The van der Waals surface area contributed by atoms with Crippen LogP contribution >= 0.6 is 0 Å². The first-order chi connectivity index (χ1) is 4.79. The third-order valence-electron chi connectivity index (χ3n) is 2.36. The van der Waals surface area contributed by atoms with Gasteiger partial charge in [0.25, 0.3) is 0 Å². The maximum absolute atomic E-state index is 4.07. The van der Waals surface area contributed by atoms with Crippen LogP contribution in [0.4, 0.5) is 0 Å². The van der Waals surface area contributed by atoms with E-state index in [1.807, 2.05) is 0 Å². The molecule has 1 rings (SSSR count). The molecule has 0 aromatic rings. The molecule has 1 unspecified atom stereocenters. The van der Waals surface area contributed by atoms with Crippen molar-refractivity contribution in [3.63, 3.8) is 0 Å². The lowest BCUT2D eigenvalue weighted by molar-refractivity contribution is 0.456. The van der Waals surface area contributed by atoms with Crippen LogP contribution in [0.1, 0.15) is 45.4 Å². The molecule has 0 heterocycles. The molecule has 0 bridgehead atoms. The van der Waals surface area contributed by atoms with Crippen molar-refractivity contribution < 1.29 is 0 Å². The van der Waals surface area contributed by atoms with Crippen LogP contribution < -0.4 is 0 Å². The van der Waals surface area contributed by atoms with E-state index in [-0.39, 0.29) is 0 Å². The van der Waals surface area contributed by atoms with Gasteiger partial charge in [-0.3, -0.25) is 0 Å². The molecule has 1 aliphatic carbocycles. The van der Waals surface area contributed by atoms with E-state index in [0.29, 0.717) is 0 Å². The highest BCUT2D eigenvalue weighted by Crippen LogP contribution is 2.24. The van der Waals surface area contributed by atoms with Crippen LogP contribution in [-0.4, -0.2) is 0 Å². The molecule has 1 aliphatic rings. The van der Waals surface area contributed by atoms with Gasteiger partial charge in [0.2, 0.25) is 0 Å². The first-order valence-electron chi connectivity index (χ1n) is 4.45. The lowest BCUT2D eigenvalue weighted by Gasteiger charge is -2.16. The fraction of sp³-hybridized carbons (Fsp3) is 0.800. The summed E-state index contributed by atoms with van der Waals surface area (Å²) in [6.07, 6.45) is 8.22. The molecule has 1 atom stereocenters. The summed E-state index contributed by atoms with van der Waals surface area (Å²) in [5.74, 6) is 0.896. The van der Waals surface area contributed by atoms with Gasteiger partial charge in [0.15, 0.2) is 0 Å². The Morgan fingerprint density at radius 1 is 1.30 bits per heavy atom. The van der Waals surface area contributed by atoms with Crippen molar-refractivity contribution in [2.75, 3.05) is 0 Å². The highest BCUT2D eigenvalue weighted by Gasteiger charge is 2.07. The average Bonchev–Trinajstić information content (AvgIpc) is 1.83. The van der Waals surface area contributed by atoms with Gasteiger partial charge in [0.1, 0.15) is 0 Å². The zero-order chi connectivity index (χ0) is 7.40. The minimum atomic E-state index is 0.896. The summed E-state index contributed by atoms with van der Waals surface area (Å²) >= 11 is 0. The molecule has 10 heavy (non-hydrogen) atoms. The third-order valence-corrected chi connectivity index (χ3v) is 2.36. The van der Waals surface area contributed by atoms with Gasteiger partial charge in [-0.05, 0) is 25.2 Å². The first kappa shape index (κ1) is 7.84. The topological polar surface area (TPSA) is 0 Å². The van der Waals surface area contributed by atoms with Crippen molar-refractivity contribution in [1.29, 1.82) is 0 Å². The fourth-order valence-corrected chi connectivity index (χ4v) is 1.74. The van der Waals surface area contributed by atoms with Gasteiger partial charge >= 0.3 is 0 Å². The smallest absolute Gasteiger partial charge is 0.0297 e. The SMILES string of the molecule is C=C1CCCCCC(C)C1. The van der Waals surface area contributed by atoms with Crippen LogP contribution in [0.2, 0.25) is 0 Å². The summed E-state index contributed by atoms with van der Waals surface area (Å²) in [4.78, 5) is 0. The normalized spacial score (nSPS) is 29.3. The Kier molecular flexibility index (Phi) is 2.98. The molecule has 58 valence electrons. The van der Waals surface area contributed by atoms with E-state index in [9.17, 15) is 0 Å². The maximum Gasteiger partial charge on any atom is -0.0297 e. The van der Waals surface area contributed by atoms with Crippen LogP contribution in [0.15, 0.2) is 12.2 Å².